The molecule has 0 amide bonds. The van der Waals surface area contributed by atoms with E-state index in [1.807, 2.05) is 39.5 Å². The van der Waals surface area contributed by atoms with Crippen LogP contribution in [0.1, 0.15) is 41.0 Å². The van der Waals surface area contributed by atoms with E-state index in [9.17, 15) is 18.3 Å². The average molecular weight is 384 g/mol. The second-order valence-corrected chi connectivity index (χ2v) is 9.50. The minimum atomic E-state index is -3.62. The van der Waals surface area contributed by atoms with Crippen molar-refractivity contribution in [2.24, 2.45) is 11.8 Å². The van der Waals surface area contributed by atoms with Crippen LogP contribution in [0.5, 0.6) is 0 Å². The average Bonchev–Trinajstić information content (AvgIpc) is 2.53. The van der Waals surface area contributed by atoms with E-state index in [4.69, 9.17) is 0 Å². The van der Waals surface area contributed by atoms with Crippen LogP contribution in [0, 0.1) is 11.8 Å². The number of hydrogen-bond donors (Lipinski definition) is 1. The molecule has 0 spiro atoms. The van der Waals surface area contributed by atoms with Gasteiger partial charge in [0.15, 0.2) is 0 Å². The predicted octanol–water partition coefficient (Wildman–Crippen LogP) is 2.44. The van der Waals surface area contributed by atoms with Crippen LogP contribution < -0.4 is 4.90 Å². The van der Waals surface area contributed by atoms with Crippen molar-refractivity contribution in [1.29, 1.82) is 0 Å². The molecule has 0 saturated carbocycles. The van der Waals surface area contributed by atoms with Gasteiger partial charge in [-0.05, 0) is 52.2 Å². The van der Waals surface area contributed by atoms with Gasteiger partial charge < -0.3 is 10.0 Å². The van der Waals surface area contributed by atoms with Crippen molar-refractivity contribution in [2.45, 2.75) is 58.0 Å². The molecule has 0 aliphatic carbocycles. The third-order valence-electron chi connectivity index (χ3n) is 4.65. The largest absolute Gasteiger partial charge is 0.481 e. The lowest BCUT2D eigenvalue weighted by Crippen LogP contribution is -2.43. The number of aromatic nitrogens is 1. The Morgan fingerprint density at radius 2 is 1.85 bits per heavy atom. The summed E-state index contributed by atoms with van der Waals surface area (Å²) in [7, 11) is -3.62. The third kappa shape index (κ3) is 4.35. The van der Waals surface area contributed by atoms with Gasteiger partial charge in [-0.2, -0.15) is 4.31 Å². The van der Waals surface area contributed by atoms with E-state index in [1.165, 1.54) is 10.5 Å². The Bertz CT molecular complexity index is 723. The number of nitrogens with zero attached hydrogens (tertiary/aromatic N) is 3. The van der Waals surface area contributed by atoms with Crippen LogP contribution in [0.3, 0.4) is 0 Å². The Labute approximate surface area is 156 Å². The molecule has 146 valence electrons. The molecule has 1 saturated heterocycles. The molecule has 2 heterocycles. The van der Waals surface area contributed by atoms with Gasteiger partial charge >= 0.3 is 5.97 Å². The lowest BCUT2D eigenvalue weighted by atomic mass is 9.90. The van der Waals surface area contributed by atoms with Crippen LogP contribution in [-0.4, -0.2) is 54.0 Å². The normalized spacial score (nSPS) is 21.6. The number of carboxylic acids is 1. The predicted molar refractivity (Wildman–Crippen MR) is 101 cm³/mol. The number of carboxylic acid groups (broad SMARTS) is 1. The second kappa shape index (κ2) is 7.92. The first-order valence-electron chi connectivity index (χ1n) is 9.01. The number of piperidine rings is 1. The number of carbonyl (C=O) groups is 1. The first-order valence-corrected chi connectivity index (χ1v) is 10.4. The van der Waals surface area contributed by atoms with Crippen molar-refractivity contribution in [2.75, 3.05) is 18.0 Å². The number of hydrogen-bond acceptors (Lipinski definition) is 5. The quantitative estimate of drug-likeness (QED) is 0.811. The highest BCUT2D eigenvalue weighted by atomic mass is 32.2. The van der Waals surface area contributed by atoms with Gasteiger partial charge in [0.05, 0.1) is 5.92 Å². The lowest BCUT2D eigenvalue weighted by Gasteiger charge is -2.35. The molecule has 2 rings (SSSR count). The van der Waals surface area contributed by atoms with Crippen molar-refractivity contribution < 1.29 is 18.3 Å². The summed E-state index contributed by atoms with van der Waals surface area (Å²) in [6.07, 6.45) is 2.02. The molecule has 0 radical (unpaired) electrons. The monoisotopic (exact) mass is 383 g/mol. The fourth-order valence-corrected chi connectivity index (χ4v) is 5.48. The molecular formula is C18H29N3O4S. The van der Waals surface area contributed by atoms with Gasteiger partial charge in [0.1, 0.15) is 10.7 Å². The highest BCUT2D eigenvalue weighted by molar-refractivity contribution is 7.89. The first-order chi connectivity index (χ1) is 12.0. The zero-order valence-electron chi connectivity index (χ0n) is 16.1. The van der Waals surface area contributed by atoms with E-state index in [0.29, 0.717) is 25.3 Å². The van der Waals surface area contributed by atoms with E-state index >= 15 is 0 Å². The third-order valence-corrected chi connectivity index (χ3v) is 6.88. The zero-order valence-corrected chi connectivity index (χ0v) is 16.9. The maximum atomic E-state index is 12.9. The minimum Gasteiger partial charge on any atom is -0.481 e. The van der Waals surface area contributed by atoms with E-state index in [-0.39, 0.29) is 22.9 Å². The van der Waals surface area contributed by atoms with Crippen LogP contribution in [0.4, 0.5) is 5.82 Å². The van der Waals surface area contributed by atoms with Gasteiger partial charge in [-0.15, -0.1) is 0 Å². The molecule has 1 aliphatic rings. The fraction of sp³-hybridized carbons (Fsp3) is 0.667. The molecule has 2 atom stereocenters. The molecule has 7 nitrogen and oxygen atoms in total. The molecule has 2 unspecified atom stereocenters. The molecule has 26 heavy (non-hydrogen) atoms. The van der Waals surface area contributed by atoms with Gasteiger partial charge in [0.2, 0.25) is 10.0 Å². The smallest absolute Gasteiger partial charge is 0.308 e. The maximum absolute atomic E-state index is 12.9. The van der Waals surface area contributed by atoms with E-state index in [1.54, 1.807) is 12.1 Å². The van der Waals surface area contributed by atoms with E-state index in [2.05, 4.69) is 4.98 Å². The lowest BCUT2D eigenvalue weighted by molar-refractivity contribution is -0.142. The molecule has 8 heteroatoms. The fourth-order valence-electron chi connectivity index (χ4n) is 3.70. The number of sulfonamides is 1. The number of aliphatic carboxylic acids is 1. The summed E-state index contributed by atoms with van der Waals surface area (Å²) in [4.78, 5) is 17.7. The van der Waals surface area contributed by atoms with Gasteiger partial charge in [0.25, 0.3) is 0 Å². The standard InChI is InChI=1S/C18H29N3O4S/c1-12(2)21(13(3)4)26(24,25)16-6-7-17(19-9-16)20-10-14(5)8-15(11-20)18(22)23/h6-7,9,12-15H,8,10-11H2,1-5H3,(H,22,23). The van der Waals surface area contributed by atoms with Gasteiger partial charge in [-0.3, -0.25) is 4.79 Å². The van der Waals surface area contributed by atoms with E-state index in [0.717, 1.165) is 0 Å². The Kier molecular flexibility index (Phi) is 6.29. The van der Waals surface area contributed by atoms with Crippen LogP contribution >= 0.6 is 0 Å². The molecule has 1 aliphatic heterocycles. The van der Waals surface area contributed by atoms with Crippen LogP contribution in [0.2, 0.25) is 0 Å². The highest BCUT2D eigenvalue weighted by Gasteiger charge is 2.32. The van der Waals surface area contributed by atoms with Crippen molar-refractivity contribution in [3.63, 3.8) is 0 Å². The van der Waals surface area contributed by atoms with Crippen molar-refractivity contribution >= 4 is 21.8 Å². The Balaban J connectivity index is 2.26. The molecule has 1 fully saturated rings. The molecule has 0 aromatic carbocycles. The first kappa shape index (κ1) is 20.6. The SMILES string of the molecule is CC1CC(C(=O)O)CN(c2ccc(S(=O)(=O)N(C(C)C)C(C)C)cn2)C1. The number of anilines is 1. The van der Waals surface area contributed by atoms with Crippen LogP contribution in [0.25, 0.3) is 0 Å². The number of pyridine rings is 1. The molecule has 0 bridgehead atoms. The zero-order chi connectivity index (χ0) is 19.6. The van der Waals surface area contributed by atoms with Gasteiger partial charge in [-0.1, -0.05) is 6.92 Å². The summed E-state index contributed by atoms with van der Waals surface area (Å²) in [6.45, 7) is 10.5. The summed E-state index contributed by atoms with van der Waals surface area (Å²) < 4.78 is 27.2. The minimum absolute atomic E-state index is 0.154. The van der Waals surface area contributed by atoms with Crippen molar-refractivity contribution in [1.82, 2.24) is 9.29 Å². The summed E-state index contributed by atoms with van der Waals surface area (Å²) in [5.41, 5.74) is 0. The molecule has 1 N–H and O–H groups in total. The topological polar surface area (TPSA) is 90.8 Å². The summed E-state index contributed by atoms with van der Waals surface area (Å²) in [6, 6.07) is 2.92. The molecular weight excluding hydrogens is 354 g/mol. The maximum Gasteiger partial charge on any atom is 0.308 e. The summed E-state index contributed by atoms with van der Waals surface area (Å²) in [5.74, 6) is -0.374. The van der Waals surface area contributed by atoms with Crippen molar-refractivity contribution in [3.05, 3.63) is 18.3 Å². The summed E-state index contributed by atoms with van der Waals surface area (Å²) >= 11 is 0. The Hall–Kier alpha value is -1.67. The number of rotatable bonds is 6. The Morgan fingerprint density at radius 1 is 1.23 bits per heavy atom. The Morgan fingerprint density at radius 3 is 2.31 bits per heavy atom. The molecule has 1 aromatic heterocycles. The van der Waals surface area contributed by atoms with Gasteiger partial charge in [-0.25, -0.2) is 13.4 Å². The van der Waals surface area contributed by atoms with Gasteiger partial charge in [0, 0.05) is 31.4 Å². The van der Waals surface area contributed by atoms with Crippen LogP contribution in [0.15, 0.2) is 23.2 Å². The highest BCUT2D eigenvalue weighted by Crippen LogP contribution is 2.27. The van der Waals surface area contributed by atoms with Crippen molar-refractivity contribution in [3.8, 4) is 0 Å². The van der Waals surface area contributed by atoms with E-state index < -0.39 is 21.9 Å². The summed E-state index contributed by atoms with van der Waals surface area (Å²) in [5, 5.41) is 9.30. The van der Waals surface area contributed by atoms with Crippen LogP contribution in [-0.2, 0) is 14.8 Å². The second-order valence-electron chi connectivity index (χ2n) is 7.66. The molecule has 1 aromatic rings.